The van der Waals surface area contributed by atoms with E-state index in [-0.39, 0.29) is 0 Å². The molecule has 0 saturated heterocycles. The zero-order valence-electron chi connectivity index (χ0n) is 26.8. The lowest BCUT2D eigenvalue weighted by molar-refractivity contribution is -0.704. The number of hydrogen-bond donors (Lipinski definition) is 0. The van der Waals surface area contributed by atoms with Crippen LogP contribution in [0.2, 0.25) is 0 Å². The van der Waals surface area contributed by atoms with Crippen molar-refractivity contribution in [3.63, 3.8) is 0 Å². The van der Waals surface area contributed by atoms with Gasteiger partial charge in [0.25, 0.3) is 5.82 Å². The maximum atomic E-state index is 2.57. The highest BCUT2D eigenvalue weighted by Crippen LogP contribution is 2.14. The van der Waals surface area contributed by atoms with Crippen LogP contribution in [0.3, 0.4) is 0 Å². The topological polar surface area (TPSA) is 8.81 Å². The quantitative estimate of drug-likeness (QED) is 0.0689. The van der Waals surface area contributed by atoms with Gasteiger partial charge in [0, 0.05) is 6.42 Å². The first-order valence-electron chi connectivity index (χ1n) is 17.9. The molecule has 0 aliphatic rings. The van der Waals surface area contributed by atoms with Crippen LogP contribution in [-0.2, 0) is 19.5 Å². The lowest BCUT2D eigenvalue weighted by Crippen LogP contribution is -2.37. The third-order valence-corrected chi connectivity index (χ3v) is 8.57. The van der Waals surface area contributed by atoms with E-state index in [4.69, 9.17) is 0 Å². The van der Waals surface area contributed by atoms with Crippen molar-refractivity contribution in [2.75, 3.05) is 0 Å². The standard InChI is InChI=1S/C36H71N2/c1-4-7-9-11-13-15-17-19-20-22-24-26-28-30-33-38-35-34-37(36(38)31-6-3)32-29-27-25-23-21-18-16-14-12-10-8-5-2/h34-35H,4-33H2,1-3H3/q+1. The van der Waals surface area contributed by atoms with E-state index in [0.717, 1.165) is 0 Å². The Labute approximate surface area is 240 Å². The van der Waals surface area contributed by atoms with Gasteiger partial charge in [0.2, 0.25) is 0 Å². The van der Waals surface area contributed by atoms with Crippen molar-refractivity contribution in [1.29, 1.82) is 0 Å². The molecule has 1 aromatic heterocycles. The number of imidazole rings is 1. The minimum absolute atomic E-state index is 1.22. The lowest BCUT2D eigenvalue weighted by Gasteiger charge is -2.06. The van der Waals surface area contributed by atoms with Gasteiger partial charge in [-0.1, -0.05) is 162 Å². The van der Waals surface area contributed by atoms with Crippen LogP contribution in [0, 0.1) is 0 Å². The second kappa shape index (κ2) is 27.8. The highest BCUT2D eigenvalue weighted by atomic mass is 15.1. The Bertz CT molecular complexity index is 590. The van der Waals surface area contributed by atoms with Gasteiger partial charge in [0.1, 0.15) is 12.4 Å². The molecule has 1 rings (SSSR count). The molecule has 0 fully saturated rings. The molecule has 0 aliphatic heterocycles. The lowest BCUT2D eigenvalue weighted by atomic mass is 10.0. The van der Waals surface area contributed by atoms with E-state index in [1.165, 1.54) is 193 Å². The van der Waals surface area contributed by atoms with E-state index in [1.54, 1.807) is 5.82 Å². The predicted molar refractivity (Wildman–Crippen MR) is 170 cm³/mol. The number of aryl methyl sites for hydroxylation is 2. The van der Waals surface area contributed by atoms with Gasteiger partial charge >= 0.3 is 0 Å². The Morgan fingerprint density at radius 2 is 0.816 bits per heavy atom. The first-order chi connectivity index (χ1) is 18.8. The first-order valence-corrected chi connectivity index (χ1v) is 17.9. The molecule has 0 atom stereocenters. The second-order valence-electron chi connectivity index (χ2n) is 12.3. The summed E-state index contributed by atoms with van der Waals surface area (Å²) in [5.74, 6) is 1.57. The third kappa shape index (κ3) is 20.2. The van der Waals surface area contributed by atoms with Crippen molar-refractivity contribution in [1.82, 2.24) is 4.57 Å². The van der Waals surface area contributed by atoms with Crippen molar-refractivity contribution in [2.45, 2.75) is 214 Å². The van der Waals surface area contributed by atoms with E-state index in [2.05, 4.69) is 42.3 Å². The first kappa shape index (κ1) is 35.2. The molecule has 224 valence electrons. The van der Waals surface area contributed by atoms with E-state index in [0.29, 0.717) is 0 Å². The van der Waals surface area contributed by atoms with Gasteiger partial charge in [0.15, 0.2) is 0 Å². The molecule has 2 heteroatoms. The summed E-state index contributed by atoms with van der Waals surface area (Å²) in [7, 11) is 0. The number of aromatic nitrogens is 2. The molecule has 0 aromatic carbocycles. The number of unbranched alkanes of at least 4 members (excludes halogenated alkanes) is 24. The Balaban J connectivity index is 2.03. The highest BCUT2D eigenvalue weighted by Gasteiger charge is 2.15. The SMILES string of the molecule is CCCCCCCCCCCCCCCC[n+]1ccn(CCCCCCCCCCCCCC)c1CCC. The van der Waals surface area contributed by atoms with Crippen LogP contribution < -0.4 is 4.57 Å². The Kier molecular flexibility index (Phi) is 25.7. The maximum Gasteiger partial charge on any atom is 0.256 e. The Hall–Kier alpha value is -0.790. The summed E-state index contributed by atoms with van der Waals surface area (Å²) < 4.78 is 5.15. The summed E-state index contributed by atoms with van der Waals surface area (Å²) >= 11 is 0. The molecular weight excluding hydrogens is 460 g/mol. The van der Waals surface area contributed by atoms with Crippen molar-refractivity contribution in [3.8, 4) is 0 Å². The largest absolute Gasteiger partial charge is 0.256 e. The van der Waals surface area contributed by atoms with Gasteiger partial charge < -0.3 is 0 Å². The molecule has 38 heavy (non-hydrogen) atoms. The summed E-state index contributed by atoms with van der Waals surface area (Å²) in [5.41, 5.74) is 0. The van der Waals surface area contributed by atoms with Gasteiger partial charge in [-0.3, -0.25) is 0 Å². The summed E-state index contributed by atoms with van der Waals surface area (Å²) in [4.78, 5) is 0. The molecule has 0 aliphatic carbocycles. The smallest absolute Gasteiger partial charge is 0.234 e. The van der Waals surface area contributed by atoms with Crippen LogP contribution in [0.1, 0.15) is 200 Å². The second-order valence-corrected chi connectivity index (χ2v) is 12.3. The monoisotopic (exact) mass is 532 g/mol. The van der Waals surface area contributed by atoms with E-state index < -0.39 is 0 Å². The van der Waals surface area contributed by atoms with Crippen LogP contribution in [0.25, 0.3) is 0 Å². The molecule has 1 heterocycles. The van der Waals surface area contributed by atoms with Crippen LogP contribution in [0.15, 0.2) is 12.4 Å². The Morgan fingerprint density at radius 3 is 1.21 bits per heavy atom. The summed E-state index contributed by atoms with van der Waals surface area (Å²) in [6.07, 6.45) is 44.6. The average molecular weight is 532 g/mol. The van der Waals surface area contributed by atoms with Crippen molar-refractivity contribution >= 4 is 0 Å². The predicted octanol–water partition coefficient (Wildman–Crippen LogP) is 11.9. The van der Waals surface area contributed by atoms with Crippen molar-refractivity contribution in [3.05, 3.63) is 18.2 Å². The molecular formula is C36H71N2+. The molecule has 0 saturated carbocycles. The van der Waals surface area contributed by atoms with Gasteiger partial charge in [-0.2, -0.15) is 0 Å². The summed E-state index contributed by atoms with van der Waals surface area (Å²) in [6.45, 7) is 9.38. The summed E-state index contributed by atoms with van der Waals surface area (Å²) in [5, 5.41) is 0. The van der Waals surface area contributed by atoms with Crippen LogP contribution in [0.5, 0.6) is 0 Å². The molecule has 0 amide bonds. The maximum absolute atomic E-state index is 2.57. The number of hydrogen-bond acceptors (Lipinski definition) is 0. The van der Waals surface area contributed by atoms with E-state index in [9.17, 15) is 0 Å². The zero-order valence-corrected chi connectivity index (χ0v) is 26.8. The fourth-order valence-corrected chi connectivity index (χ4v) is 6.02. The van der Waals surface area contributed by atoms with Gasteiger partial charge in [-0.15, -0.1) is 0 Å². The normalized spacial score (nSPS) is 11.6. The van der Waals surface area contributed by atoms with Crippen LogP contribution in [0.4, 0.5) is 0 Å². The van der Waals surface area contributed by atoms with E-state index in [1.807, 2.05) is 0 Å². The summed E-state index contributed by atoms with van der Waals surface area (Å²) in [6, 6.07) is 0. The van der Waals surface area contributed by atoms with Crippen LogP contribution in [-0.4, -0.2) is 4.57 Å². The third-order valence-electron chi connectivity index (χ3n) is 8.57. The van der Waals surface area contributed by atoms with E-state index >= 15 is 0 Å². The van der Waals surface area contributed by atoms with Gasteiger partial charge in [-0.25, -0.2) is 9.13 Å². The van der Waals surface area contributed by atoms with Gasteiger partial charge in [0.05, 0.1) is 13.1 Å². The zero-order chi connectivity index (χ0) is 27.4. The molecule has 0 N–H and O–H groups in total. The fourth-order valence-electron chi connectivity index (χ4n) is 6.02. The number of nitrogens with zero attached hydrogens (tertiary/aromatic N) is 2. The van der Waals surface area contributed by atoms with Crippen LogP contribution >= 0.6 is 0 Å². The average Bonchev–Trinajstić information content (AvgIpc) is 3.30. The molecule has 2 nitrogen and oxygen atoms in total. The molecule has 0 spiro atoms. The Morgan fingerprint density at radius 1 is 0.447 bits per heavy atom. The minimum atomic E-state index is 1.22. The minimum Gasteiger partial charge on any atom is -0.234 e. The molecule has 0 unspecified atom stereocenters. The number of rotatable bonds is 30. The highest BCUT2D eigenvalue weighted by molar-refractivity contribution is 4.84. The van der Waals surface area contributed by atoms with Crippen molar-refractivity contribution in [2.24, 2.45) is 0 Å². The van der Waals surface area contributed by atoms with Gasteiger partial charge in [-0.05, 0) is 32.1 Å². The fraction of sp³-hybridized carbons (Fsp3) is 0.917. The molecule has 1 aromatic rings. The van der Waals surface area contributed by atoms with Crippen molar-refractivity contribution < 1.29 is 4.57 Å². The molecule has 0 bridgehead atoms. The molecule has 0 radical (unpaired) electrons.